The molecule has 3 heterocycles. The van der Waals surface area contributed by atoms with E-state index in [1.54, 1.807) is 6.20 Å². The van der Waals surface area contributed by atoms with E-state index in [9.17, 15) is 4.79 Å². The number of nitrogens with zero attached hydrogens (tertiary/aromatic N) is 2. The molecule has 0 spiro atoms. The summed E-state index contributed by atoms with van der Waals surface area (Å²) in [7, 11) is 0. The maximum Gasteiger partial charge on any atom is 0.264 e. The fourth-order valence-electron chi connectivity index (χ4n) is 2.32. The lowest BCUT2D eigenvalue weighted by Crippen LogP contribution is -2.47. The van der Waals surface area contributed by atoms with Gasteiger partial charge in [0.15, 0.2) is 0 Å². The van der Waals surface area contributed by atoms with Crippen LogP contribution in [-0.2, 0) is 4.74 Å². The molecule has 1 aliphatic rings. The van der Waals surface area contributed by atoms with Crippen LogP contribution in [-0.4, -0.2) is 48.2 Å². The van der Waals surface area contributed by atoms with Crippen LogP contribution in [0.25, 0.3) is 0 Å². The number of thiophene rings is 1. The van der Waals surface area contributed by atoms with E-state index in [4.69, 9.17) is 9.47 Å². The quantitative estimate of drug-likeness (QED) is 0.796. The zero-order chi connectivity index (χ0) is 16.2. The molecule has 1 atom stereocenters. The van der Waals surface area contributed by atoms with Crippen LogP contribution in [0.5, 0.6) is 5.75 Å². The highest BCUT2D eigenvalue weighted by Crippen LogP contribution is 2.24. The molecule has 1 amide bonds. The number of rotatable bonds is 4. The first-order valence-electron chi connectivity index (χ1n) is 7.33. The highest BCUT2D eigenvalue weighted by molar-refractivity contribution is 9.11. The molecule has 7 heteroatoms. The van der Waals surface area contributed by atoms with Gasteiger partial charge < -0.3 is 14.4 Å². The second-order valence-corrected chi connectivity index (χ2v) is 7.76. The van der Waals surface area contributed by atoms with Crippen molar-refractivity contribution in [2.75, 3.05) is 26.3 Å². The normalized spacial score (nSPS) is 18.0. The molecular formula is C16H17BrN2O3S. The number of carbonyl (C=O) groups is 1. The van der Waals surface area contributed by atoms with E-state index in [0.717, 1.165) is 14.4 Å². The number of halogens is 1. The smallest absolute Gasteiger partial charge is 0.264 e. The minimum atomic E-state index is -0.127. The summed E-state index contributed by atoms with van der Waals surface area (Å²) in [4.78, 5) is 19.2. The summed E-state index contributed by atoms with van der Waals surface area (Å²) in [5.74, 6) is 0.760. The van der Waals surface area contributed by atoms with Crippen LogP contribution in [0, 0.1) is 6.92 Å². The number of pyridine rings is 1. The fraction of sp³-hybridized carbons (Fsp3) is 0.375. The number of morpholine rings is 1. The molecule has 122 valence electrons. The molecule has 0 aliphatic carbocycles. The molecule has 2 aromatic rings. The lowest BCUT2D eigenvalue weighted by atomic mass is 10.2. The standard InChI is InChI=1S/C16H17BrN2O3S/c1-11-2-3-12(8-18-11)22-10-13-9-19(6-7-21-13)16(20)14-4-5-15(17)23-14/h2-5,8,13H,6-7,9-10H2,1H3. The Morgan fingerprint density at radius 2 is 2.35 bits per heavy atom. The molecule has 0 N–H and O–H groups in total. The Morgan fingerprint density at radius 1 is 1.48 bits per heavy atom. The molecule has 1 fully saturated rings. The summed E-state index contributed by atoms with van der Waals surface area (Å²) in [6, 6.07) is 7.53. The van der Waals surface area contributed by atoms with Crippen molar-refractivity contribution in [3.8, 4) is 5.75 Å². The zero-order valence-electron chi connectivity index (χ0n) is 12.7. The summed E-state index contributed by atoms with van der Waals surface area (Å²) < 4.78 is 12.4. The zero-order valence-corrected chi connectivity index (χ0v) is 15.1. The van der Waals surface area contributed by atoms with Gasteiger partial charge in [-0.15, -0.1) is 11.3 Å². The van der Waals surface area contributed by atoms with Crippen LogP contribution in [0.2, 0.25) is 0 Å². The lowest BCUT2D eigenvalue weighted by Gasteiger charge is -2.32. The van der Waals surface area contributed by atoms with Crippen molar-refractivity contribution in [2.24, 2.45) is 0 Å². The molecule has 2 aromatic heterocycles. The molecule has 23 heavy (non-hydrogen) atoms. The summed E-state index contributed by atoms with van der Waals surface area (Å²) >= 11 is 4.84. The molecular weight excluding hydrogens is 380 g/mol. The first-order chi connectivity index (χ1) is 11.1. The van der Waals surface area contributed by atoms with E-state index in [0.29, 0.717) is 32.1 Å². The van der Waals surface area contributed by atoms with Gasteiger partial charge in [0.1, 0.15) is 18.5 Å². The van der Waals surface area contributed by atoms with E-state index < -0.39 is 0 Å². The number of ether oxygens (including phenoxy) is 2. The third kappa shape index (κ3) is 4.31. The average Bonchev–Trinajstić information content (AvgIpc) is 3.00. The van der Waals surface area contributed by atoms with Crippen molar-refractivity contribution in [3.63, 3.8) is 0 Å². The number of aromatic nitrogens is 1. The second-order valence-electron chi connectivity index (χ2n) is 5.29. The third-order valence-electron chi connectivity index (χ3n) is 3.53. The van der Waals surface area contributed by atoms with Crippen molar-refractivity contribution in [1.82, 2.24) is 9.88 Å². The van der Waals surface area contributed by atoms with Gasteiger partial charge in [-0.3, -0.25) is 9.78 Å². The van der Waals surface area contributed by atoms with Crippen LogP contribution in [0.4, 0.5) is 0 Å². The van der Waals surface area contributed by atoms with Crippen molar-refractivity contribution >= 4 is 33.2 Å². The van der Waals surface area contributed by atoms with E-state index in [2.05, 4.69) is 20.9 Å². The SMILES string of the molecule is Cc1ccc(OCC2CN(C(=O)c3ccc(Br)s3)CCO2)cn1. The molecule has 1 saturated heterocycles. The van der Waals surface area contributed by atoms with Gasteiger partial charge in [-0.25, -0.2) is 0 Å². The van der Waals surface area contributed by atoms with E-state index in [-0.39, 0.29) is 12.0 Å². The largest absolute Gasteiger partial charge is 0.489 e. The summed E-state index contributed by atoms with van der Waals surface area (Å²) in [6.07, 6.45) is 1.57. The second kappa shape index (κ2) is 7.42. The molecule has 1 unspecified atom stereocenters. The Bertz CT molecular complexity index is 674. The Hall–Kier alpha value is -1.44. The van der Waals surface area contributed by atoms with Crippen molar-refractivity contribution in [3.05, 3.63) is 44.8 Å². The molecule has 0 aromatic carbocycles. The van der Waals surface area contributed by atoms with Gasteiger partial charge >= 0.3 is 0 Å². The maximum absolute atomic E-state index is 12.5. The molecule has 1 aliphatic heterocycles. The van der Waals surface area contributed by atoms with Gasteiger partial charge in [-0.05, 0) is 47.1 Å². The lowest BCUT2D eigenvalue weighted by molar-refractivity contribution is -0.0400. The van der Waals surface area contributed by atoms with Gasteiger partial charge in [-0.2, -0.15) is 0 Å². The van der Waals surface area contributed by atoms with Gasteiger partial charge in [0.25, 0.3) is 5.91 Å². The monoisotopic (exact) mass is 396 g/mol. The Kier molecular flexibility index (Phi) is 5.30. The van der Waals surface area contributed by atoms with Crippen LogP contribution < -0.4 is 4.74 Å². The maximum atomic E-state index is 12.5. The molecule has 3 rings (SSSR count). The van der Waals surface area contributed by atoms with Gasteiger partial charge in [-0.1, -0.05) is 0 Å². The first-order valence-corrected chi connectivity index (χ1v) is 8.94. The highest BCUT2D eigenvalue weighted by atomic mass is 79.9. The number of hydrogen-bond acceptors (Lipinski definition) is 5. The van der Waals surface area contributed by atoms with Crippen molar-refractivity contribution < 1.29 is 14.3 Å². The van der Waals surface area contributed by atoms with Gasteiger partial charge in [0, 0.05) is 12.2 Å². The minimum absolute atomic E-state index is 0.0472. The van der Waals surface area contributed by atoms with Crippen molar-refractivity contribution in [1.29, 1.82) is 0 Å². The number of carbonyl (C=O) groups excluding carboxylic acids is 1. The van der Waals surface area contributed by atoms with E-state index in [1.165, 1.54) is 11.3 Å². The fourth-order valence-corrected chi connectivity index (χ4v) is 3.67. The van der Waals surface area contributed by atoms with E-state index >= 15 is 0 Å². The van der Waals surface area contributed by atoms with Gasteiger partial charge in [0.05, 0.1) is 28.0 Å². The van der Waals surface area contributed by atoms with Gasteiger partial charge in [0.2, 0.25) is 0 Å². The molecule has 0 radical (unpaired) electrons. The summed E-state index contributed by atoms with van der Waals surface area (Å²) in [6.45, 7) is 4.01. The summed E-state index contributed by atoms with van der Waals surface area (Å²) in [5.41, 5.74) is 0.949. The van der Waals surface area contributed by atoms with Crippen LogP contribution >= 0.6 is 27.3 Å². The molecule has 0 bridgehead atoms. The Morgan fingerprint density at radius 3 is 3.04 bits per heavy atom. The first kappa shape index (κ1) is 16.4. The van der Waals surface area contributed by atoms with Crippen LogP contribution in [0.15, 0.2) is 34.2 Å². The predicted molar refractivity (Wildman–Crippen MR) is 92.1 cm³/mol. The third-order valence-corrected chi connectivity index (χ3v) is 5.14. The Balaban J connectivity index is 1.55. The van der Waals surface area contributed by atoms with Crippen LogP contribution in [0.1, 0.15) is 15.4 Å². The van der Waals surface area contributed by atoms with E-state index in [1.807, 2.05) is 36.1 Å². The molecule has 5 nitrogen and oxygen atoms in total. The van der Waals surface area contributed by atoms with Crippen LogP contribution in [0.3, 0.4) is 0 Å². The molecule has 0 saturated carbocycles. The number of hydrogen-bond donors (Lipinski definition) is 0. The minimum Gasteiger partial charge on any atom is -0.489 e. The Labute approximate surface area is 147 Å². The average molecular weight is 397 g/mol. The number of aryl methyl sites for hydroxylation is 1. The summed E-state index contributed by atoms with van der Waals surface area (Å²) in [5, 5.41) is 0. The highest BCUT2D eigenvalue weighted by Gasteiger charge is 2.26. The number of amides is 1. The van der Waals surface area contributed by atoms with Crippen molar-refractivity contribution in [2.45, 2.75) is 13.0 Å². The predicted octanol–water partition coefficient (Wildman–Crippen LogP) is 3.13. The topological polar surface area (TPSA) is 51.7 Å².